The molecule has 0 bridgehead atoms. The zero-order valence-electron chi connectivity index (χ0n) is 7.63. The first-order valence-corrected chi connectivity index (χ1v) is 6.39. The number of halogens is 2. The van der Waals surface area contributed by atoms with Gasteiger partial charge < -0.3 is 4.42 Å². The fourth-order valence-electron chi connectivity index (χ4n) is 1.76. The van der Waals surface area contributed by atoms with Crippen molar-refractivity contribution in [1.29, 1.82) is 0 Å². The summed E-state index contributed by atoms with van der Waals surface area (Å²) in [6.07, 6.45) is 0. The zero-order valence-corrected chi connectivity index (χ0v) is 11.4. The van der Waals surface area contributed by atoms with Crippen molar-refractivity contribution in [2.24, 2.45) is 0 Å². The van der Waals surface area contributed by atoms with Crippen LogP contribution in [0.1, 0.15) is 0 Å². The molecule has 0 unspecified atom stereocenters. The molecule has 0 N–H and O–H groups in total. The zero-order chi connectivity index (χ0) is 10.4. The predicted molar refractivity (Wildman–Crippen MR) is 74.1 cm³/mol. The summed E-state index contributed by atoms with van der Waals surface area (Å²) in [4.78, 5) is 0. The Morgan fingerprint density at radius 2 is 1.93 bits per heavy atom. The number of benzene rings is 2. The van der Waals surface area contributed by atoms with E-state index < -0.39 is 0 Å². The largest absolute Gasteiger partial charge is 0.456 e. The number of furan rings is 1. The smallest absolute Gasteiger partial charge is 0.136 e. The van der Waals surface area contributed by atoms with Gasteiger partial charge in [-0.05, 0) is 52.9 Å². The van der Waals surface area contributed by atoms with Crippen LogP contribution in [0.2, 0.25) is 0 Å². The Balaban J connectivity index is 2.59. The van der Waals surface area contributed by atoms with Crippen molar-refractivity contribution in [2.75, 3.05) is 0 Å². The summed E-state index contributed by atoms with van der Waals surface area (Å²) in [7, 11) is 0. The predicted octanol–water partition coefficient (Wildman–Crippen LogP) is 4.95. The van der Waals surface area contributed by atoms with Crippen LogP contribution in [-0.4, -0.2) is 0 Å². The Morgan fingerprint density at radius 3 is 2.80 bits per heavy atom. The summed E-state index contributed by atoms with van der Waals surface area (Å²) in [6.45, 7) is 0. The molecule has 0 spiro atoms. The molecule has 3 aromatic rings. The monoisotopic (exact) mass is 372 g/mol. The highest BCUT2D eigenvalue weighted by Crippen LogP contribution is 2.34. The maximum Gasteiger partial charge on any atom is 0.136 e. The Kier molecular flexibility index (Phi) is 2.25. The fraction of sp³-hybridized carbons (Fsp3) is 0. The van der Waals surface area contributed by atoms with Gasteiger partial charge in [0.05, 0.1) is 0 Å². The van der Waals surface area contributed by atoms with Crippen molar-refractivity contribution >= 4 is 60.5 Å². The van der Waals surface area contributed by atoms with Crippen LogP contribution in [0.5, 0.6) is 0 Å². The van der Waals surface area contributed by atoms with E-state index in [9.17, 15) is 0 Å². The van der Waals surface area contributed by atoms with E-state index in [0.717, 1.165) is 26.4 Å². The number of rotatable bonds is 0. The molecule has 3 rings (SSSR count). The first-order valence-electron chi connectivity index (χ1n) is 4.52. The summed E-state index contributed by atoms with van der Waals surface area (Å²) >= 11 is 5.84. The Morgan fingerprint density at radius 1 is 1.07 bits per heavy atom. The lowest BCUT2D eigenvalue weighted by Crippen LogP contribution is -1.70. The Hall–Kier alpha value is -0.550. The van der Waals surface area contributed by atoms with Gasteiger partial charge in [-0.2, -0.15) is 0 Å². The van der Waals surface area contributed by atoms with E-state index in [1.165, 1.54) is 3.57 Å². The molecule has 0 radical (unpaired) electrons. The molecule has 1 heterocycles. The highest BCUT2D eigenvalue weighted by molar-refractivity contribution is 14.1. The van der Waals surface area contributed by atoms with Crippen LogP contribution in [0.4, 0.5) is 0 Å². The summed E-state index contributed by atoms with van der Waals surface area (Å²) in [6, 6.07) is 12.3. The highest BCUT2D eigenvalue weighted by Gasteiger charge is 2.09. The van der Waals surface area contributed by atoms with E-state index in [1.807, 2.05) is 18.2 Å². The normalized spacial score (nSPS) is 11.3. The van der Waals surface area contributed by atoms with Crippen molar-refractivity contribution in [3.05, 3.63) is 44.4 Å². The minimum atomic E-state index is 0.932. The van der Waals surface area contributed by atoms with Crippen LogP contribution < -0.4 is 0 Å². The average Bonchev–Trinajstić information content (AvgIpc) is 2.56. The molecule has 0 atom stereocenters. The molecule has 0 saturated carbocycles. The third kappa shape index (κ3) is 1.49. The molecule has 1 aromatic heterocycles. The molecule has 2 aromatic carbocycles. The van der Waals surface area contributed by atoms with E-state index in [2.05, 4.69) is 56.7 Å². The van der Waals surface area contributed by atoms with E-state index in [1.54, 1.807) is 0 Å². The number of fused-ring (bicyclic) bond motifs is 3. The second kappa shape index (κ2) is 3.49. The van der Waals surface area contributed by atoms with E-state index in [0.29, 0.717) is 0 Å². The van der Waals surface area contributed by atoms with Gasteiger partial charge in [-0.25, -0.2) is 0 Å². The molecule has 3 heteroatoms. The molecule has 15 heavy (non-hydrogen) atoms. The minimum Gasteiger partial charge on any atom is -0.456 e. The standard InChI is InChI=1S/C12H6BrIO/c13-9-2-1-3-10-12(9)8-5-4-7(14)6-11(8)15-10/h1-6H. The molecular weight excluding hydrogens is 367 g/mol. The van der Waals surface area contributed by atoms with Crippen LogP contribution in [0.15, 0.2) is 45.3 Å². The lowest BCUT2D eigenvalue weighted by molar-refractivity contribution is 0.668. The van der Waals surface area contributed by atoms with Gasteiger partial charge in [-0.15, -0.1) is 0 Å². The van der Waals surface area contributed by atoms with Gasteiger partial charge in [0, 0.05) is 18.8 Å². The van der Waals surface area contributed by atoms with Crippen molar-refractivity contribution in [1.82, 2.24) is 0 Å². The molecule has 0 amide bonds. The summed E-state index contributed by atoms with van der Waals surface area (Å²) in [5, 5.41) is 2.32. The summed E-state index contributed by atoms with van der Waals surface area (Å²) < 4.78 is 8.05. The van der Waals surface area contributed by atoms with Crippen LogP contribution in [-0.2, 0) is 0 Å². The van der Waals surface area contributed by atoms with Crippen molar-refractivity contribution in [3.63, 3.8) is 0 Å². The second-order valence-electron chi connectivity index (χ2n) is 3.36. The second-order valence-corrected chi connectivity index (χ2v) is 5.46. The molecule has 0 saturated heterocycles. The third-order valence-corrected chi connectivity index (χ3v) is 3.74. The lowest BCUT2D eigenvalue weighted by Gasteiger charge is -1.92. The average molecular weight is 373 g/mol. The topological polar surface area (TPSA) is 13.1 Å². The van der Waals surface area contributed by atoms with Crippen LogP contribution in [0.3, 0.4) is 0 Å². The van der Waals surface area contributed by atoms with Gasteiger partial charge in [0.25, 0.3) is 0 Å². The van der Waals surface area contributed by atoms with Crippen molar-refractivity contribution < 1.29 is 4.42 Å². The van der Waals surface area contributed by atoms with Gasteiger partial charge in [0.1, 0.15) is 11.2 Å². The Labute approximate surface area is 109 Å². The van der Waals surface area contributed by atoms with Crippen LogP contribution in [0, 0.1) is 3.57 Å². The van der Waals surface area contributed by atoms with Crippen molar-refractivity contribution in [2.45, 2.75) is 0 Å². The quantitative estimate of drug-likeness (QED) is 0.509. The first-order chi connectivity index (χ1) is 7.25. The minimum absolute atomic E-state index is 0.932. The Bertz CT molecular complexity index is 657. The third-order valence-electron chi connectivity index (χ3n) is 2.41. The lowest BCUT2D eigenvalue weighted by atomic mass is 10.2. The molecule has 0 aliphatic rings. The van der Waals surface area contributed by atoms with E-state index in [4.69, 9.17) is 4.42 Å². The molecule has 1 nitrogen and oxygen atoms in total. The molecular formula is C12H6BrIO. The molecule has 0 aliphatic heterocycles. The van der Waals surface area contributed by atoms with Gasteiger partial charge in [-0.1, -0.05) is 22.0 Å². The maximum atomic E-state index is 5.78. The summed E-state index contributed by atoms with van der Waals surface area (Å²) in [5.41, 5.74) is 1.88. The first kappa shape index (κ1) is 9.66. The van der Waals surface area contributed by atoms with Crippen LogP contribution >= 0.6 is 38.5 Å². The molecule has 0 aliphatic carbocycles. The van der Waals surface area contributed by atoms with E-state index >= 15 is 0 Å². The van der Waals surface area contributed by atoms with Gasteiger partial charge in [0.2, 0.25) is 0 Å². The van der Waals surface area contributed by atoms with Crippen molar-refractivity contribution in [3.8, 4) is 0 Å². The fourth-order valence-corrected chi connectivity index (χ4v) is 2.78. The van der Waals surface area contributed by atoms with Gasteiger partial charge >= 0.3 is 0 Å². The molecule has 74 valence electrons. The van der Waals surface area contributed by atoms with Gasteiger partial charge in [-0.3, -0.25) is 0 Å². The SMILES string of the molecule is Brc1cccc2oc3cc(I)ccc3c12. The summed E-state index contributed by atoms with van der Waals surface area (Å²) in [5.74, 6) is 0. The highest BCUT2D eigenvalue weighted by atomic mass is 127. The van der Waals surface area contributed by atoms with E-state index in [-0.39, 0.29) is 0 Å². The van der Waals surface area contributed by atoms with Crippen LogP contribution in [0.25, 0.3) is 21.9 Å². The number of hydrogen-bond acceptors (Lipinski definition) is 1. The maximum absolute atomic E-state index is 5.78. The molecule has 0 fully saturated rings. The number of hydrogen-bond donors (Lipinski definition) is 0. The van der Waals surface area contributed by atoms with Gasteiger partial charge in [0.15, 0.2) is 0 Å².